The highest BCUT2D eigenvalue weighted by atomic mass is 35.5. The van der Waals surface area contributed by atoms with E-state index in [4.69, 9.17) is 5.73 Å². The number of likely N-dealkylation sites (tertiary alicyclic amines) is 1. The average molecular weight is 362 g/mol. The highest BCUT2D eigenvalue weighted by Gasteiger charge is 2.30. The highest BCUT2D eigenvalue weighted by molar-refractivity contribution is 5.85. The first-order valence-electron chi connectivity index (χ1n) is 7.75. The summed E-state index contributed by atoms with van der Waals surface area (Å²) in [4.78, 5) is 16.7. The monoisotopic (exact) mass is 361 g/mol. The molecule has 1 aliphatic rings. The maximum atomic E-state index is 12.5. The van der Waals surface area contributed by atoms with Crippen molar-refractivity contribution in [1.29, 1.82) is 0 Å². The Kier molecular flexibility index (Phi) is 9.78. The Labute approximate surface area is 152 Å². The van der Waals surface area contributed by atoms with E-state index >= 15 is 0 Å². The van der Waals surface area contributed by atoms with Crippen LogP contribution in [0, 0.1) is 0 Å². The van der Waals surface area contributed by atoms with Crippen LogP contribution in [0.1, 0.15) is 25.3 Å². The zero-order chi connectivity index (χ0) is 15.4. The zero-order valence-electron chi connectivity index (χ0n) is 14.1. The molecule has 1 aromatic rings. The van der Waals surface area contributed by atoms with Gasteiger partial charge >= 0.3 is 0 Å². The molecule has 6 heteroatoms. The summed E-state index contributed by atoms with van der Waals surface area (Å²) in [6, 6.07) is 10.4. The van der Waals surface area contributed by atoms with Gasteiger partial charge in [-0.15, -0.1) is 24.8 Å². The zero-order valence-corrected chi connectivity index (χ0v) is 15.8. The molecule has 4 nitrogen and oxygen atoms in total. The largest absolute Gasteiger partial charge is 0.341 e. The van der Waals surface area contributed by atoms with Gasteiger partial charge in [-0.3, -0.25) is 4.79 Å². The molecule has 1 aliphatic heterocycles. The first kappa shape index (κ1) is 22.2. The van der Waals surface area contributed by atoms with E-state index in [-0.39, 0.29) is 30.7 Å². The van der Waals surface area contributed by atoms with Crippen LogP contribution in [-0.2, 0) is 11.2 Å². The van der Waals surface area contributed by atoms with Crippen molar-refractivity contribution in [2.45, 2.75) is 44.3 Å². The maximum absolute atomic E-state index is 12.5. The Balaban J connectivity index is 0.00000242. The summed E-state index contributed by atoms with van der Waals surface area (Å²) >= 11 is 0. The fourth-order valence-electron chi connectivity index (χ4n) is 3.01. The van der Waals surface area contributed by atoms with Gasteiger partial charge in [-0.05, 0) is 38.8 Å². The van der Waals surface area contributed by atoms with Crippen LogP contribution in [0.5, 0.6) is 0 Å². The number of carbonyl (C=O) groups is 1. The lowest BCUT2D eigenvalue weighted by Crippen LogP contribution is -2.52. The van der Waals surface area contributed by atoms with Gasteiger partial charge < -0.3 is 15.5 Å². The van der Waals surface area contributed by atoms with Gasteiger partial charge in [0.25, 0.3) is 0 Å². The van der Waals surface area contributed by atoms with Crippen LogP contribution < -0.4 is 5.73 Å². The predicted molar refractivity (Wildman–Crippen MR) is 101 cm³/mol. The average Bonchev–Trinajstić information content (AvgIpc) is 2.49. The van der Waals surface area contributed by atoms with Gasteiger partial charge in [-0.2, -0.15) is 0 Å². The number of amides is 1. The van der Waals surface area contributed by atoms with Crippen molar-refractivity contribution in [3.8, 4) is 0 Å². The highest BCUT2D eigenvalue weighted by Crippen LogP contribution is 2.20. The first-order valence-corrected chi connectivity index (χ1v) is 7.75. The Bertz CT molecular complexity index is 472. The number of piperidine rings is 1. The molecule has 1 heterocycles. The molecule has 1 saturated heterocycles. The molecule has 3 unspecified atom stereocenters. The molecule has 0 spiro atoms. The molecule has 2 N–H and O–H groups in total. The summed E-state index contributed by atoms with van der Waals surface area (Å²) in [5, 5.41) is 0. The van der Waals surface area contributed by atoms with E-state index < -0.39 is 6.04 Å². The summed E-state index contributed by atoms with van der Waals surface area (Å²) < 4.78 is 0. The number of halogens is 2. The second-order valence-corrected chi connectivity index (χ2v) is 6.25. The van der Waals surface area contributed by atoms with Gasteiger partial charge in [-0.1, -0.05) is 30.3 Å². The number of likely N-dealkylation sites (N-methyl/N-ethyl adjacent to an activating group) is 1. The Hall–Kier alpha value is -0.810. The number of carbonyl (C=O) groups excluding carboxylic acids is 1. The lowest BCUT2D eigenvalue weighted by molar-refractivity contribution is -0.134. The normalized spacial score (nSPS) is 22.4. The third kappa shape index (κ3) is 5.96. The smallest absolute Gasteiger partial charge is 0.239 e. The van der Waals surface area contributed by atoms with Crippen molar-refractivity contribution in [3.63, 3.8) is 0 Å². The standard InChI is InChI=1S/C17H27N3O.2ClH/c1-13-11-15(9-10-19(13)2)20(3)17(21)16(18)12-14-7-5-4-6-8-14;;/h4-8,13,15-16H,9-12,18H2,1-3H3;2*1H. The summed E-state index contributed by atoms with van der Waals surface area (Å²) in [6.07, 6.45) is 2.66. The number of nitrogens with zero attached hydrogens (tertiary/aromatic N) is 2. The number of rotatable bonds is 4. The van der Waals surface area contributed by atoms with Crippen LogP contribution in [0.4, 0.5) is 0 Å². The summed E-state index contributed by atoms with van der Waals surface area (Å²) in [5.74, 6) is 0.0561. The first-order chi connectivity index (χ1) is 9.99. The molecule has 0 saturated carbocycles. The van der Waals surface area contributed by atoms with Crippen LogP contribution in [0.25, 0.3) is 0 Å². The van der Waals surface area contributed by atoms with Crippen molar-refractivity contribution in [2.75, 3.05) is 20.6 Å². The molecule has 1 aromatic carbocycles. The predicted octanol–water partition coefficient (Wildman–Crippen LogP) is 2.34. The number of hydrogen-bond acceptors (Lipinski definition) is 3. The topological polar surface area (TPSA) is 49.6 Å². The Morgan fingerprint density at radius 1 is 1.35 bits per heavy atom. The van der Waals surface area contributed by atoms with Gasteiger partial charge in [0.15, 0.2) is 0 Å². The van der Waals surface area contributed by atoms with E-state index in [0.717, 1.165) is 24.9 Å². The maximum Gasteiger partial charge on any atom is 0.239 e. The molecular weight excluding hydrogens is 333 g/mol. The Morgan fingerprint density at radius 3 is 2.52 bits per heavy atom. The van der Waals surface area contributed by atoms with Gasteiger partial charge in [0.2, 0.25) is 5.91 Å². The lowest BCUT2D eigenvalue weighted by Gasteiger charge is -2.40. The molecule has 1 fully saturated rings. The van der Waals surface area contributed by atoms with Crippen molar-refractivity contribution < 1.29 is 4.79 Å². The second kappa shape index (κ2) is 10.1. The van der Waals surface area contributed by atoms with E-state index in [0.29, 0.717) is 18.5 Å². The quantitative estimate of drug-likeness (QED) is 0.895. The van der Waals surface area contributed by atoms with Crippen LogP contribution >= 0.6 is 24.8 Å². The summed E-state index contributed by atoms with van der Waals surface area (Å²) in [7, 11) is 4.04. The van der Waals surface area contributed by atoms with Crippen LogP contribution in [0.2, 0.25) is 0 Å². The molecule has 132 valence electrons. The minimum atomic E-state index is -0.452. The SMILES string of the molecule is CC1CC(N(C)C(=O)C(N)Cc2ccccc2)CCN1C.Cl.Cl. The molecule has 3 atom stereocenters. The minimum absolute atomic E-state index is 0. The fraction of sp³-hybridized carbons (Fsp3) is 0.588. The van der Waals surface area contributed by atoms with E-state index in [9.17, 15) is 4.79 Å². The Morgan fingerprint density at radius 2 is 1.96 bits per heavy atom. The van der Waals surface area contributed by atoms with Crippen LogP contribution in [0.3, 0.4) is 0 Å². The van der Waals surface area contributed by atoms with E-state index in [1.165, 1.54) is 0 Å². The van der Waals surface area contributed by atoms with Crippen molar-refractivity contribution in [2.24, 2.45) is 5.73 Å². The molecule has 23 heavy (non-hydrogen) atoms. The number of hydrogen-bond donors (Lipinski definition) is 1. The molecule has 0 aliphatic carbocycles. The molecule has 1 amide bonds. The molecule has 2 rings (SSSR count). The van der Waals surface area contributed by atoms with Crippen LogP contribution in [-0.4, -0.2) is 54.5 Å². The third-order valence-corrected chi connectivity index (χ3v) is 4.69. The molecular formula is C17H29Cl2N3O. The van der Waals surface area contributed by atoms with Gasteiger partial charge in [0.1, 0.15) is 0 Å². The molecule has 0 bridgehead atoms. The number of nitrogens with two attached hydrogens (primary N) is 1. The second-order valence-electron chi connectivity index (χ2n) is 6.25. The lowest BCUT2D eigenvalue weighted by atomic mass is 9.96. The van der Waals surface area contributed by atoms with Crippen molar-refractivity contribution in [1.82, 2.24) is 9.80 Å². The third-order valence-electron chi connectivity index (χ3n) is 4.69. The van der Waals surface area contributed by atoms with E-state index in [1.54, 1.807) is 0 Å². The van der Waals surface area contributed by atoms with Gasteiger partial charge in [0.05, 0.1) is 6.04 Å². The van der Waals surface area contributed by atoms with Gasteiger partial charge in [0, 0.05) is 25.7 Å². The summed E-state index contributed by atoms with van der Waals surface area (Å²) in [6.45, 7) is 3.26. The van der Waals surface area contributed by atoms with Crippen molar-refractivity contribution >= 4 is 30.7 Å². The van der Waals surface area contributed by atoms with Gasteiger partial charge in [-0.25, -0.2) is 0 Å². The van der Waals surface area contributed by atoms with Crippen molar-refractivity contribution in [3.05, 3.63) is 35.9 Å². The number of benzene rings is 1. The summed E-state index contributed by atoms with van der Waals surface area (Å²) in [5.41, 5.74) is 7.23. The minimum Gasteiger partial charge on any atom is -0.341 e. The molecule has 0 aromatic heterocycles. The molecule has 0 radical (unpaired) electrons. The van der Waals surface area contributed by atoms with E-state index in [2.05, 4.69) is 18.9 Å². The van der Waals surface area contributed by atoms with Crippen LogP contribution in [0.15, 0.2) is 30.3 Å². The fourth-order valence-corrected chi connectivity index (χ4v) is 3.01. The van der Waals surface area contributed by atoms with E-state index in [1.807, 2.05) is 42.3 Å².